The van der Waals surface area contributed by atoms with Crippen LogP contribution in [0.3, 0.4) is 0 Å². The summed E-state index contributed by atoms with van der Waals surface area (Å²) in [5.74, 6) is 0. The molecular formula is C27H29N3. The fraction of sp³-hybridized carbons (Fsp3) is 0.296. The Morgan fingerprint density at radius 1 is 1.00 bits per heavy atom. The highest BCUT2D eigenvalue weighted by molar-refractivity contribution is 5.44. The maximum atomic E-state index is 9.35. The molecule has 2 aromatic carbocycles. The van der Waals surface area contributed by atoms with Gasteiger partial charge in [0.25, 0.3) is 0 Å². The van der Waals surface area contributed by atoms with Crippen molar-refractivity contribution in [2.24, 2.45) is 0 Å². The van der Waals surface area contributed by atoms with Crippen molar-refractivity contribution >= 4 is 0 Å². The zero-order chi connectivity index (χ0) is 20.9. The Bertz CT molecular complexity index is 1020. The van der Waals surface area contributed by atoms with Gasteiger partial charge in [-0.1, -0.05) is 56.0 Å². The molecule has 0 bridgehead atoms. The summed E-state index contributed by atoms with van der Waals surface area (Å²) in [6.07, 6.45) is 7.70. The van der Waals surface area contributed by atoms with Crippen molar-refractivity contribution in [2.45, 2.75) is 32.7 Å². The number of piperazine rings is 1. The fourth-order valence-corrected chi connectivity index (χ4v) is 4.22. The lowest BCUT2D eigenvalue weighted by Crippen LogP contribution is -2.43. The molecule has 2 aliphatic heterocycles. The zero-order valence-electron chi connectivity index (χ0n) is 17.8. The standard InChI is InChI=1S/C27H29N3/c1-3-22-8-10-23(11-9-22)12-13-25-19-30-15-14-29(20-27(30)16-21(25)2)18-26-7-5-4-6-24(26)17-28/h4-11,16,19H,2-3,12-15,18,20H2,1H3. The average Bonchev–Trinajstić information content (AvgIpc) is 2.78. The second-order valence-electron chi connectivity index (χ2n) is 8.16. The molecule has 3 heteroatoms. The third-order valence-corrected chi connectivity index (χ3v) is 6.12. The van der Waals surface area contributed by atoms with E-state index in [4.69, 9.17) is 0 Å². The predicted octanol–water partition coefficient (Wildman–Crippen LogP) is 5.21. The minimum Gasteiger partial charge on any atom is -0.349 e. The third kappa shape index (κ3) is 4.56. The van der Waals surface area contributed by atoms with Crippen LogP contribution in [0.5, 0.6) is 0 Å². The first-order chi connectivity index (χ1) is 14.7. The van der Waals surface area contributed by atoms with Crippen molar-refractivity contribution in [2.75, 3.05) is 19.6 Å². The molecule has 2 aliphatic rings. The smallest absolute Gasteiger partial charge is 0.0995 e. The van der Waals surface area contributed by atoms with Crippen LogP contribution >= 0.6 is 0 Å². The Hall–Kier alpha value is -3.09. The number of fused-ring (bicyclic) bond motifs is 1. The molecule has 4 rings (SSSR count). The Kier molecular flexibility index (Phi) is 6.16. The van der Waals surface area contributed by atoms with Gasteiger partial charge in [-0.25, -0.2) is 0 Å². The first-order valence-corrected chi connectivity index (χ1v) is 10.8. The lowest BCUT2D eigenvalue weighted by Gasteiger charge is -2.39. The first kappa shape index (κ1) is 20.2. The highest BCUT2D eigenvalue weighted by Gasteiger charge is 2.24. The van der Waals surface area contributed by atoms with Crippen molar-refractivity contribution in [3.63, 3.8) is 0 Å². The van der Waals surface area contributed by atoms with E-state index in [2.05, 4.69) is 72.0 Å². The lowest BCUT2D eigenvalue weighted by molar-refractivity contribution is 0.200. The second kappa shape index (κ2) is 9.15. The number of nitriles is 1. The molecule has 2 heterocycles. The van der Waals surface area contributed by atoms with Crippen LogP contribution in [0, 0.1) is 11.3 Å². The molecule has 0 saturated carbocycles. The van der Waals surface area contributed by atoms with E-state index in [0.717, 1.165) is 62.1 Å². The van der Waals surface area contributed by atoms with E-state index in [9.17, 15) is 5.26 Å². The van der Waals surface area contributed by atoms with Gasteiger partial charge in [0.1, 0.15) is 0 Å². The lowest BCUT2D eigenvalue weighted by atomic mass is 9.95. The van der Waals surface area contributed by atoms with Crippen LogP contribution in [0.25, 0.3) is 0 Å². The normalized spacial score (nSPS) is 16.5. The SMILES string of the molecule is C=C1C=C2CN(Cc3ccccc3C#N)CCN2C=C1CCc1ccc(CC)cc1. The van der Waals surface area contributed by atoms with Gasteiger partial charge in [0.15, 0.2) is 0 Å². The van der Waals surface area contributed by atoms with E-state index in [0.29, 0.717) is 0 Å². The van der Waals surface area contributed by atoms with Crippen LogP contribution in [0.4, 0.5) is 0 Å². The molecule has 0 unspecified atom stereocenters. The minimum atomic E-state index is 0.774. The molecule has 1 fully saturated rings. The van der Waals surface area contributed by atoms with Crippen LogP contribution in [-0.2, 0) is 19.4 Å². The predicted molar refractivity (Wildman–Crippen MR) is 123 cm³/mol. The Morgan fingerprint density at radius 2 is 1.77 bits per heavy atom. The van der Waals surface area contributed by atoms with Gasteiger partial charge in [-0.3, -0.25) is 4.90 Å². The molecule has 0 aromatic heterocycles. The monoisotopic (exact) mass is 395 g/mol. The maximum Gasteiger partial charge on any atom is 0.0995 e. The van der Waals surface area contributed by atoms with Gasteiger partial charge in [0.05, 0.1) is 11.6 Å². The van der Waals surface area contributed by atoms with Gasteiger partial charge in [-0.05, 0) is 59.2 Å². The largest absolute Gasteiger partial charge is 0.349 e. The van der Waals surface area contributed by atoms with E-state index in [1.54, 1.807) is 0 Å². The average molecular weight is 396 g/mol. The van der Waals surface area contributed by atoms with Gasteiger partial charge in [0, 0.05) is 38.1 Å². The molecule has 1 saturated heterocycles. The molecule has 152 valence electrons. The van der Waals surface area contributed by atoms with Crippen LogP contribution < -0.4 is 0 Å². The van der Waals surface area contributed by atoms with Gasteiger partial charge in [0.2, 0.25) is 0 Å². The maximum absolute atomic E-state index is 9.35. The molecule has 0 radical (unpaired) electrons. The molecule has 0 amide bonds. The zero-order valence-corrected chi connectivity index (χ0v) is 17.8. The van der Waals surface area contributed by atoms with Crippen molar-refractivity contribution in [3.05, 3.63) is 106 Å². The molecule has 2 aromatic rings. The van der Waals surface area contributed by atoms with Gasteiger partial charge >= 0.3 is 0 Å². The summed E-state index contributed by atoms with van der Waals surface area (Å²) in [5.41, 5.74) is 8.42. The van der Waals surface area contributed by atoms with Gasteiger partial charge in [-0.2, -0.15) is 5.26 Å². The van der Waals surface area contributed by atoms with Crippen molar-refractivity contribution in [1.29, 1.82) is 5.26 Å². The number of hydrogen-bond acceptors (Lipinski definition) is 3. The van der Waals surface area contributed by atoms with Crippen LogP contribution in [0.15, 0.2) is 84.2 Å². The Labute approximate surface area is 180 Å². The van der Waals surface area contributed by atoms with E-state index >= 15 is 0 Å². The number of benzene rings is 2. The molecule has 30 heavy (non-hydrogen) atoms. The Morgan fingerprint density at radius 3 is 2.53 bits per heavy atom. The number of allylic oxidation sites excluding steroid dienone is 3. The number of nitrogens with zero attached hydrogens (tertiary/aromatic N) is 3. The van der Waals surface area contributed by atoms with Gasteiger partial charge in [-0.15, -0.1) is 0 Å². The van der Waals surface area contributed by atoms with E-state index in [1.165, 1.54) is 22.4 Å². The molecule has 0 N–H and O–H groups in total. The summed E-state index contributed by atoms with van der Waals surface area (Å²) >= 11 is 0. The van der Waals surface area contributed by atoms with Crippen LogP contribution in [0.1, 0.15) is 35.6 Å². The highest BCUT2D eigenvalue weighted by atomic mass is 15.3. The first-order valence-electron chi connectivity index (χ1n) is 10.8. The van der Waals surface area contributed by atoms with Crippen molar-refractivity contribution in [3.8, 4) is 6.07 Å². The summed E-state index contributed by atoms with van der Waals surface area (Å²) < 4.78 is 0. The molecular weight excluding hydrogens is 366 g/mol. The number of hydrogen-bond donors (Lipinski definition) is 0. The fourth-order valence-electron chi connectivity index (χ4n) is 4.22. The summed E-state index contributed by atoms with van der Waals surface area (Å²) in [6.45, 7) is 10.2. The number of aryl methyl sites for hydroxylation is 2. The van der Waals surface area contributed by atoms with E-state index in [-0.39, 0.29) is 0 Å². The molecule has 0 atom stereocenters. The van der Waals surface area contributed by atoms with E-state index < -0.39 is 0 Å². The van der Waals surface area contributed by atoms with Crippen LogP contribution in [0.2, 0.25) is 0 Å². The van der Waals surface area contributed by atoms with Crippen molar-refractivity contribution in [1.82, 2.24) is 9.80 Å². The minimum absolute atomic E-state index is 0.774. The third-order valence-electron chi connectivity index (χ3n) is 6.12. The molecule has 0 spiro atoms. The van der Waals surface area contributed by atoms with Crippen molar-refractivity contribution < 1.29 is 0 Å². The summed E-state index contributed by atoms with van der Waals surface area (Å²) in [4.78, 5) is 4.80. The topological polar surface area (TPSA) is 30.3 Å². The molecule has 0 aliphatic carbocycles. The molecule has 3 nitrogen and oxygen atoms in total. The number of rotatable bonds is 6. The second-order valence-corrected chi connectivity index (χ2v) is 8.16. The Balaban J connectivity index is 1.37. The summed E-state index contributed by atoms with van der Waals surface area (Å²) in [5, 5.41) is 9.35. The van der Waals surface area contributed by atoms with Gasteiger partial charge < -0.3 is 4.90 Å². The summed E-state index contributed by atoms with van der Waals surface area (Å²) in [6, 6.07) is 19.2. The quantitative estimate of drug-likeness (QED) is 0.673. The highest BCUT2D eigenvalue weighted by Crippen LogP contribution is 2.29. The summed E-state index contributed by atoms with van der Waals surface area (Å²) in [7, 11) is 0. The van der Waals surface area contributed by atoms with Crippen LogP contribution in [-0.4, -0.2) is 29.4 Å². The van der Waals surface area contributed by atoms with E-state index in [1.807, 2.05) is 18.2 Å².